The standard InChI is InChI=1S/C13H17F2N5/c1-3-5-8(4-2)20-13(17-18-19-20)9-6-12(16)11(15)7-10(9)14/h6-8H,3-5,16H2,1-2H3. The summed E-state index contributed by atoms with van der Waals surface area (Å²) in [6, 6.07) is 2.06. The molecule has 5 nitrogen and oxygen atoms in total. The highest BCUT2D eigenvalue weighted by Gasteiger charge is 2.20. The SMILES string of the molecule is CCCC(CC)n1nnnc1-c1cc(N)c(F)cc1F. The Balaban J connectivity index is 2.49. The zero-order chi connectivity index (χ0) is 14.7. The number of halogens is 2. The maximum Gasteiger partial charge on any atom is 0.185 e. The second kappa shape index (κ2) is 5.94. The van der Waals surface area contributed by atoms with Gasteiger partial charge in [-0.15, -0.1) is 5.10 Å². The van der Waals surface area contributed by atoms with Crippen LogP contribution in [0.4, 0.5) is 14.5 Å². The summed E-state index contributed by atoms with van der Waals surface area (Å²) in [5.74, 6) is -1.24. The van der Waals surface area contributed by atoms with Gasteiger partial charge in [0.1, 0.15) is 11.6 Å². The fourth-order valence-corrected chi connectivity index (χ4v) is 2.19. The molecule has 0 radical (unpaired) electrons. The van der Waals surface area contributed by atoms with Crippen LogP contribution >= 0.6 is 0 Å². The third-order valence-electron chi connectivity index (χ3n) is 3.26. The zero-order valence-electron chi connectivity index (χ0n) is 11.5. The predicted molar refractivity (Wildman–Crippen MR) is 71.8 cm³/mol. The largest absolute Gasteiger partial charge is 0.396 e. The third-order valence-corrected chi connectivity index (χ3v) is 3.26. The van der Waals surface area contributed by atoms with Crippen LogP contribution in [0.1, 0.15) is 39.2 Å². The first-order valence-corrected chi connectivity index (χ1v) is 6.61. The number of rotatable bonds is 5. The number of nitrogens with zero attached hydrogens (tertiary/aromatic N) is 4. The minimum Gasteiger partial charge on any atom is -0.396 e. The minimum absolute atomic E-state index is 0.0793. The van der Waals surface area contributed by atoms with Crippen LogP contribution in [-0.4, -0.2) is 20.2 Å². The van der Waals surface area contributed by atoms with E-state index in [-0.39, 0.29) is 23.1 Å². The molecule has 0 aliphatic rings. The van der Waals surface area contributed by atoms with E-state index in [1.165, 1.54) is 6.07 Å². The molecule has 0 fully saturated rings. The third kappa shape index (κ3) is 2.61. The first-order valence-electron chi connectivity index (χ1n) is 6.61. The van der Waals surface area contributed by atoms with E-state index in [4.69, 9.17) is 5.73 Å². The smallest absolute Gasteiger partial charge is 0.185 e. The Labute approximate surface area is 115 Å². The summed E-state index contributed by atoms with van der Waals surface area (Å²) < 4.78 is 28.7. The van der Waals surface area contributed by atoms with Gasteiger partial charge in [-0.2, -0.15) is 0 Å². The molecule has 1 aromatic carbocycles. The van der Waals surface area contributed by atoms with Crippen LogP contribution < -0.4 is 5.73 Å². The maximum absolute atomic E-state index is 13.9. The average molecular weight is 281 g/mol. The Morgan fingerprint density at radius 2 is 2.00 bits per heavy atom. The van der Waals surface area contributed by atoms with Crippen molar-refractivity contribution in [1.82, 2.24) is 20.2 Å². The Kier molecular flexibility index (Phi) is 4.26. The number of nitrogen functional groups attached to an aromatic ring is 1. The summed E-state index contributed by atoms with van der Waals surface area (Å²) in [5, 5.41) is 11.4. The molecule has 7 heteroatoms. The molecule has 108 valence electrons. The quantitative estimate of drug-likeness (QED) is 0.855. The molecule has 0 saturated carbocycles. The van der Waals surface area contributed by atoms with Crippen LogP contribution in [0.25, 0.3) is 11.4 Å². The van der Waals surface area contributed by atoms with Gasteiger partial charge < -0.3 is 5.73 Å². The number of nitrogens with two attached hydrogens (primary N) is 1. The molecular weight excluding hydrogens is 264 g/mol. The van der Waals surface area contributed by atoms with Gasteiger partial charge in [0.25, 0.3) is 0 Å². The molecule has 1 unspecified atom stereocenters. The molecule has 0 aliphatic heterocycles. The predicted octanol–water partition coefficient (Wildman–Crippen LogP) is 2.95. The van der Waals surface area contributed by atoms with Crippen LogP contribution in [0.3, 0.4) is 0 Å². The minimum atomic E-state index is -0.786. The zero-order valence-corrected chi connectivity index (χ0v) is 11.5. The molecule has 1 atom stereocenters. The Hall–Kier alpha value is -2.05. The molecule has 0 saturated heterocycles. The molecular formula is C13H17F2N5. The van der Waals surface area contributed by atoms with Gasteiger partial charge in [0.2, 0.25) is 0 Å². The lowest BCUT2D eigenvalue weighted by Gasteiger charge is -2.16. The number of anilines is 1. The number of aromatic nitrogens is 4. The fraction of sp³-hybridized carbons (Fsp3) is 0.462. The van der Waals surface area contributed by atoms with Crippen LogP contribution in [0.15, 0.2) is 12.1 Å². The van der Waals surface area contributed by atoms with Gasteiger partial charge in [-0.1, -0.05) is 20.3 Å². The summed E-state index contributed by atoms with van der Waals surface area (Å²) in [5.41, 5.74) is 5.48. The van der Waals surface area contributed by atoms with E-state index < -0.39 is 11.6 Å². The summed E-state index contributed by atoms with van der Waals surface area (Å²) >= 11 is 0. The number of hydrogen-bond donors (Lipinski definition) is 1. The average Bonchev–Trinajstić information content (AvgIpc) is 2.89. The number of tetrazole rings is 1. The van der Waals surface area contributed by atoms with E-state index in [0.717, 1.165) is 25.3 Å². The highest BCUT2D eigenvalue weighted by molar-refractivity contribution is 5.62. The van der Waals surface area contributed by atoms with E-state index in [9.17, 15) is 8.78 Å². The van der Waals surface area contributed by atoms with Gasteiger partial charge in [-0.05, 0) is 29.3 Å². The van der Waals surface area contributed by atoms with Crippen molar-refractivity contribution in [2.75, 3.05) is 5.73 Å². The summed E-state index contributed by atoms with van der Waals surface area (Å²) in [6.07, 6.45) is 2.67. The van der Waals surface area contributed by atoms with Crippen molar-refractivity contribution in [1.29, 1.82) is 0 Å². The number of benzene rings is 1. The second-order valence-corrected chi connectivity index (χ2v) is 4.65. The molecule has 2 aromatic rings. The van der Waals surface area contributed by atoms with Crippen LogP contribution in [-0.2, 0) is 0 Å². The van der Waals surface area contributed by atoms with E-state index in [1.807, 2.05) is 6.92 Å². The number of hydrogen-bond acceptors (Lipinski definition) is 4. The van der Waals surface area contributed by atoms with Crippen molar-refractivity contribution in [2.24, 2.45) is 0 Å². The molecule has 20 heavy (non-hydrogen) atoms. The summed E-state index contributed by atoms with van der Waals surface area (Å²) in [4.78, 5) is 0. The van der Waals surface area contributed by atoms with Gasteiger partial charge in [-0.25, -0.2) is 13.5 Å². The topological polar surface area (TPSA) is 69.6 Å². The van der Waals surface area contributed by atoms with Crippen LogP contribution in [0.5, 0.6) is 0 Å². The van der Waals surface area contributed by atoms with Gasteiger partial charge in [0, 0.05) is 6.07 Å². The van der Waals surface area contributed by atoms with Crippen molar-refractivity contribution >= 4 is 5.69 Å². The molecule has 0 spiro atoms. The lowest BCUT2D eigenvalue weighted by atomic mass is 10.1. The van der Waals surface area contributed by atoms with Gasteiger partial charge in [0.15, 0.2) is 5.82 Å². The van der Waals surface area contributed by atoms with Gasteiger partial charge in [-0.3, -0.25) is 0 Å². The normalized spacial score (nSPS) is 12.6. The molecule has 1 aromatic heterocycles. The Morgan fingerprint density at radius 1 is 1.25 bits per heavy atom. The molecule has 2 rings (SSSR count). The first-order chi connectivity index (χ1) is 9.58. The lowest BCUT2D eigenvalue weighted by molar-refractivity contribution is 0.403. The van der Waals surface area contributed by atoms with E-state index in [1.54, 1.807) is 4.68 Å². The highest BCUT2D eigenvalue weighted by Crippen LogP contribution is 2.28. The van der Waals surface area contributed by atoms with Gasteiger partial charge in [0.05, 0.1) is 17.3 Å². The second-order valence-electron chi connectivity index (χ2n) is 4.65. The van der Waals surface area contributed by atoms with Crippen LogP contribution in [0.2, 0.25) is 0 Å². The van der Waals surface area contributed by atoms with Crippen molar-refractivity contribution in [3.63, 3.8) is 0 Å². The van der Waals surface area contributed by atoms with Crippen molar-refractivity contribution < 1.29 is 8.78 Å². The molecule has 0 bridgehead atoms. The monoisotopic (exact) mass is 281 g/mol. The highest BCUT2D eigenvalue weighted by atomic mass is 19.1. The van der Waals surface area contributed by atoms with E-state index in [0.29, 0.717) is 0 Å². The maximum atomic E-state index is 13.9. The van der Waals surface area contributed by atoms with E-state index in [2.05, 4.69) is 22.4 Å². The van der Waals surface area contributed by atoms with Crippen molar-refractivity contribution in [3.05, 3.63) is 23.8 Å². The fourth-order valence-electron chi connectivity index (χ4n) is 2.19. The molecule has 2 N–H and O–H groups in total. The van der Waals surface area contributed by atoms with Crippen LogP contribution in [0, 0.1) is 11.6 Å². The lowest BCUT2D eigenvalue weighted by Crippen LogP contribution is -2.12. The summed E-state index contributed by atoms with van der Waals surface area (Å²) in [6.45, 7) is 4.07. The van der Waals surface area contributed by atoms with Crippen molar-refractivity contribution in [3.8, 4) is 11.4 Å². The molecule has 0 amide bonds. The molecule has 1 heterocycles. The Bertz CT molecular complexity index is 596. The van der Waals surface area contributed by atoms with Crippen molar-refractivity contribution in [2.45, 2.75) is 39.2 Å². The first kappa shape index (κ1) is 14.4. The Morgan fingerprint density at radius 3 is 2.65 bits per heavy atom. The van der Waals surface area contributed by atoms with E-state index >= 15 is 0 Å². The van der Waals surface area contributed by atoms with Gasteiger partial charge >= 0.3 is 0 Å². The summed E-state index contributed by atoms with van der Waals surface area (Å²) in [7, 11) is 0. The molecule has 0 aliphatic carbocycles.